The van der Waals surface area contributed by atoms with E-state index in [0.29, 0.717) is 27.7 Å². The first kappa shape index (κ1) is 19.5. The number of hydrogen-bond acceptors (Lipinski definition) is 4. The van der Waals surface area contributed by atoms with E-state index in [2.05, 4.69) is 36.5 Å². The van der Waals surface area contributed by atoms with E-state index in [9.17, 15) is 9.18 Å². The summed E-state index contributed by atoms with van der Waals surface area (Å²) < 4.78 is 14.2. The van der Waals surface area contributed by atoms with E-state index in [1.54, 1.807) is 24.3 Å². The van der Waals surface area contributed by atoms with Gasteiger partial charge in [-0.3, -0.25) is 4.79 Å². The molecule has 0 unspecified atom stereocenters. The van der Waals surface area contributed by atoms with Gasteiger partial charge in [-0.05, 0) is 30.3 Å². The number of benzene rings is 2. The van der Waals surface area contributed by atoms with Gasteiger partial charge in [0.25, 0.3) is 0 Å². The number of carbonyl (C=O) groups excluding carboxylic acids is 1. The number of nitrogens with one attached hydrogen (secondary N) is 2. The van der Waals surface area contributed by atoms with Gasteiger partial charge in [-0.1, -0.05) is 45.2 Å². The van der Waals surface area contributed by atoms with Crippen LogP contribution < -0.4 is 10.6 Å². The van der Waals surface area contributed by atoms with Crippen molar-refractivity contribution in [1.82, 2.24) is 9.97 Å². The normalized spacial score (nSPS) is 11.1. The maximum atomic E-state index is 14.2. The fraction of sp³-hybridized carbons (Fsp3) is 0.0556. The van der Waals surface area contributed by atoms with Gasteiger partial charge in [-0.2, -0.15) is 0 Å². The van der Waals surface area contributed by atoms with Gasteiger partial charge in [0.2, 0.25) is 5.91 Å². The summed E-state index contributed by atoms with van der Waals surface area (Å²) in [6.45, 7) is 0. The van der Waals surface area contributed by atoms with E-state index in [1.807, 2.05) is 0 Å². The maximum Gasteiger partial charge on any atom is 0.248 e. The van der Waals surface area contributed by atoms with E-state index in [0.717, 1.165) is 6.07 Å². The zero-order valence-electron chi connectivity index (χ0n) is 13.6. The van der Waals surface area contributed by atoms with Crippen LogP contribution >= 0.6 is 39.1 Å². The number of aromatic nitrogens is 2. The van der Waals surface area contributed by atoms with Gasteiger partial charge in [0.05, 0.1) is 21.2 Å². The molecule has 2 aromatic carbocycles. The van der Waals surface area contributed by atoms with Crippen LogP contribution in [0.3, 0.4) is 0 Å². The summed E-state index contributed by atoms with van der Waals surface area (Å²) in [4.78, 5) is 20.2. The van der Waals surface area contributed by atoms with Crippen LogP contribution in [0.2, 0.25) is 10.0 Å². The Morgan fingerprint density at radius 2 is 1.96 bits per heavy atom. The summed E-state index contributed by atoms with van der Waals surface area (Å²) in [5.41, 5.74) is 1.31. The molecule has 3 aromatic rings. The third-order valence-electron chi connectivity index (χ3n) is 3.52. The van der Waals surface area contributed by atoms with Crippen molar-refractivity contribution < 1.29 is 9.18 Å². The first-order valence-electron chi connectivity index (χ1n) is 7.67. The standard InChI is InChI=1S/C18H12BrCl2FN4O/c19-5-1-2-17(27)25-10-3-4-15-11(6-10)18(24-9-23-15)26-16-8-13(21)12(20)7-14(16)22/h1-4,6-9H,5H2,(H,25,27)(H,23,24,26)/b2-1+. The van der Waals surface area contributed by atoms with Crippen molar-refractivity contribution in [3.05, 3.63) is 64.7 Å². The lowest BCUT2D eigenvalue weighted by Crippen LogP contribution is -2.08. The highest BCUT2D eigenvalue weighted by Gasteiger charge is 2.11. The molecule has 9 heteroatoms. The van der Waals surface area contributed by atoms with Crippen LogP contribution in [0.15, 0.2) is 48.8 Å². The second-order valence-corrected chi connectivity index (χ2v) is 6.83. The van der Waals surface area contributed by atoms with Crippen LogP contribution in [0, 0.1) is 5.82 Å². The molecule has 0 atom stereocenters. The quantitative estimate of drug-likeness (QED) is 0.285. The number of amides is 1. The highest BCUT2D eigenvalue weighted by molar-refractivity contribution is 9.09. The lowest BCUT2D eigenvalue weighted by atomic mass is 10.2. The van der Waals surface area contributed by atoms with Crippen molar-refractivity contribution in [3.8, 4) is 0 Å². The Balaban J connectivity index is 1.96. The molecule has 1 aromatic heterocycles. The van der Waals surface area contributed by atoms with Gasteiger partial charge < -0.3 is 10.6 Å². The van der Waals surface area contributed by atoms with Crippen molar-refractivity contribution in [1.29, 1.82) is 0 Å². The number of fused-ring (bicyclic) bond motifs is 1. The summed E-state index contributed by atoms with van der Waals surface area (Å²) in [5.74, 6) is -0.472. The highest BCUT2D eigenvalue weighted by Crippen LogP contribution is 2.31. The molecule has 27 heavy (non-hydrogen) atoms. The number of anilines is 3. The largest absolute Gasteiger partial charge is 0.337 e. The number of nitrogens with zero attached hydrogens (tertiary/aromatic N) is 2. The summed E-state index contributed by atoms with van der Waals surface area (Å²) in [6.07, 6.45) is 4.46. The fourth-order valence-corrected chi connectivity index (χ4v) is 2.82. The topological polar surface area (TPSA) is 66.9 Å². The summed E-state index contributed by atoms with van der Waals surface area (Å²) in [6, 6.07) is 7.66. The van der Waals surface area contributed by atoms with Gasteiger partial charge >= 0.3 is 0 Å². The minimum absolute atomic E-state index is 0.119. The van der Waals surface area contributed by atoms with E-state index in [4.69, 9.17) is 23.2 Å². The Labute approximate surface area is 172 Å². The number of carbonyl (C=O) groups is 1. The minimum atomic E-state index is -0.569. The lowest BCUT2D eigenvalue weighted by Gasteiger charge is -2.11. The van der Waals surface area contributed by atoms with Gasteiger partial charge in [0.1, 0.15) is 18.0 Å². The molecule has 3 rings (SSSR count). The average molecular weight is 470 g/mol. The average Bonchev–Trinajstić information content (AvgIpc) is 2.65. The number of alkyl halides is 1. The Hall–Kier alpha value is -2.22. The van der Waals surface area contributed by atoms with E-state index in [1.165, 1.54) is 18.5 Å². The van der Waals surface area contributed by atoms with Crippen LogP contribution in [0.1, 0.15) is 0 Å². The first-order valence-corrected chi connectivity index (χ1v) is 9.55. The molecule has 0 aliphatic heterocycles. The summed E-state index contributed by atoms with van der Waals surface area (Å²) in [5, 5.41) is 7.15. The second-order valence-electron chi connectivity index (χ2n) is 5.37. The van der Waals surface area contributed by atoms with Crippen LogP contribution in [0.25, 0.3) is 10.9 Å². The molecule has 5 nitrogen and oxygen atoms in total. The van der Waals surface area contributed by atoms with Crippen LogP contribution in [-0.4, -0.2) is 21.2 Å². The summed E-state index contributed by atoms with van der Waals surface area (Å²) >= 11 is 15.0. The van der Waals surface area contributed by atoms with Crippen molar-refractivity contribution >= 4 is 73.1 Å². The maximum absolute atomic E-state index is 14.2. The van der Waals surface area contributed by atoms with Crippen molar-refractivity contribution in [2.24, 2.45) is 0 Å². The molecule has 0 aliphatic carbocycles. The number of hydrogen-bond donors (Lipinski definition) is 2. The molecule has 1 amide bonds. The van der Waals surface area contributed by atoms with Crippen LogP contribution in [0.5, 0.6) is 0 Å². The third-order valence-corrected chi connectivity index (χ3v) is 4.62. The minimum Gasteiger partial charge on any atom is -0.337 e. The molecule has 0 aliphatic rings. The molecule has 0 saturated carbocycles. The zero-order valence-corrected chi connectivity index (χ0v) is 16.7. The molecule has 0 spiro atoms. The molecule has 2 N–H and O–H groups in total. The van der Waals surface area contributed by atoms with E-state index in [-0.39, 0.29) is 21.6 Å². The predicted molar refractivity (Wildman–Crippen MR) is 111 cm³/mol. The van der Waals surface area contributed by atoms with Crippen molar-refractivity contribution in [2.45, 2.75) is 0 Å². The molecule has 0 radical (unpaired) electrons. The molecular weight excluding hydrogens is 458 g/mol. The van der Waals surface area contributed by atoms with Crippen molar-refractivity contribution in [2.75, 3.05) is 16.0 Å². The van der Waals surface area contributed by atoms with Gasteiger partial charge in [0.15, 0.2) is 0 Å². The number of allylic oxidation sites excluding steroid dienone is 1. The Kier molecular flexibility index (Phi) is 6.26. The molecule has 0 fully saturated rings. The molecule has 138 valence electrons. The van der Waals surface area contributed by atoms with Crippen molar-refractivity contribution in [3.63, 3.8) is 0 Å². The Morgan fingerprint density at radius 3 is 2.74 bits per heavy atom. The zero-order chi connectivity index (χ0) is 19.4. The molecular formula is C18H12BrCl2FN4O. The van der Waals surface area contributed by atoms with Gasteiger partial charge in [0, 0.05) is 22.5 Å². The molecule has 0 saturated heterocycles. The molecule has 1 heterocycles. The Bertz CT molecular complexity index is 1050. The number of rotatable bonds is 5. The number of halogens is 4. The molecule has 0 bridgehead atoms. The predicted octanol–water partition coefficient (Wildman–Crippen LogP) is 5.71. The van der Waals surface area contributed by atoms with Crippen LogP contribution in [0.4, 0.5) is 21.6 Å². The van der Waals surface area contributed by atoms with Gasteiger partial charge in [-0.25, -0.2) is 14.4 Å². The second kappa shape index (κ2) is 8.65. The van der Waals surface area contributed by atoms with Gasteiger partial charge in [-0.15, -0.1) is 0 Å². The first-order chi connectivity index (χ1) is 13.0. The fourth-order valence-electron chi connectivity index (χ4n) is 2.32. The highest BCUT2D eigenvalue weighted by atomic mass is 79.9. The van der Waals surface area contributed by atoms with E-state index >= 15 is 0 Å². The third kappa shape index (κ3) is 4.74. The SMILES string of the molecule is O=C(/C=C/CBr)Nc1ccc2ncnc(Nc3cc(Cl)c(Cl)cc3F)c2c1. The summed E-state index contributed by atoms with van der Waals surface area (Å²) in [7, 11) is 0. The lowest BCUT2D eigenvalue weighted by molar-refractivity contribution is -0.111. The monoisotopic (exact) mass is 468 g/mol. The van der Waals surface area contributed by atoms with E-state index < -0.39 is 5.82 Å². The smallest absolute Gasteiger partial charge is 0.248 e. The van der Waals surface area contributed by atoms with Crippen LogP contribution in [-0.2, 0) is 4.79 Å². The Morgan fingerprint density at radius 1 is 1.19 bits per heavy atom.